The van der Waals surface area contributed by atoms with Crippen molar-refractivity contribution >= 4 is 11.5 Å². The molecule has 0 aromatic heterocycles. The number of carbonyl (C=O) groups excluding carboxylic acids is 1. The van der Waals surface area contributed by atoms with Crippen LogP contribution in [0.4, 0.5) is 4.39 Å². The van der Waals surface area contributed by atoms with Crippen molar-refractivity contribution in [1.82, 2.24) is 5.32 Å². The van der Waals surface area contributed by atoms with Gasteiger partial charge in [0.1, 0.15) is 18.4 Å². The van der Waals surface area contributed by atoms with Crippen LogP contribution in [-0.2, 0) is 9.53 Å². The Labute approximate surface area is 105 Å². The van der Waals surface area contributed by atoms with E-state index in [2.05, 4.69) is 5.32 Å². The van der Waals surface area contributed by atoms with Gasteiger partial charge in [0.25, 0.3) is 0 Å². The third kappa shape index (κ3) is 4.26. The molecule has 0 fully saturated rings. The van der Waals surface area contributed by atoms with Crippen LogP contribution in [0.2, 0.25) is 0 Å². The number of nitrogens with zero attached hydrogens (tertiary/aromatic N) is 1. The molecule has 1 aromatic rings. The predicted molar refractivity (Wildman–Crippen MR) is 64.6 cm³/mol. The highest BCUT2D eigenvalue weighted by Crippen LogP contribution is 2.12. The molecular weight excluding hydrogens is 235 g/mol. The molecule has 0 saturated heterocycles. The van der Waals surface area contributed by atoms with Crippen molar-refractivity contribution in [1.29, 1.82) is 5.26 Å². The van der Waals surface area contributed by atoms with Gasteiger partial charge in [0.15, 0.2) is 0 Å². The Hall–Kier alpha value is -2.35. The van der Waals surface area contributed by atoms with Crippen LogP contribution >= 0.6 is 0 Å². The van der Waals surface area contributed by atoms with Crippen molar-refractivity contribution in [2.45, 2.75) is 6.92 Å². The summed E-state index contributed by atoms with van der Waals surface area (Å²) in [5.74, 6) is -0.763. The summed E-state index contributed by atoms with van der Waals surface area (Å²) in [7, 11) is 0. The number of ether oxygens (including phenoxy) is 1. The number of halogens is 1. The van der Waals surface area contributed by atoms with Crippen LogP contribution in [0.3, 0.4) is 0 Å². The lowest BCUT2D eigenvalue weighted by Gasteiger charge is -2.03. The molecular formula is C13H13FN2O2. The number of carbonyl (C=O) groups is 1. The number of hydrogen-bond acceptors (Lipinski definition) is 4. The van der Waals surface area contributed by atoms with E-state index in [1.54, 1.807) is 6.92 Å². The van der Waals surface area contributed by atoms with E-state index in [1.807, 2.05) is 6.07 Å². The van der Waals surface area contributed by atoms with Crippen molar-refractivity contribution in [3.8, 4) is 6.07 Å². The molecule has 1 N–H and O–H groups in total. The van der Waals surface area contributed by atoms with Crippen molar-refractivity contribution in [2.75, 3.05) is 13.2 Å². The van der Waals surface area contributed by atoms with Crippen LogP contribution in [0.5, 0.6) is 0 Å². The minimum Gasteiger partial charge on any atom is -0.465 e. The molecule has 0 saturated carbocycles. The highest BCUT2D eigenvalue weighted by atomic mass is 19.1. The summed E-state index contributed by atoms with van der Waals surface area (Å²) in [4.78, 5) is 11.0. The largest absolute Gasteiger partial charge is 0.465 e. The smallest absolute Gasteiger partial charge is 0.325 e. The zero-order chi connectivity index (χ0) is 13.4. The molecule has 1 rings (SSSR count). The summed E-state index contributed by atoms with van der Waals surface area (Å²) >= 11 is 0. The second kappa shape index (κ2) is 7.07. The first-order valence-corrected chi connectivity index (χ1v) is 5.42. The van der Waals surface area contributed by atoms with Gasteiger partial charge in [-0.05, 0) is 24.6 Å². The molecule has 0 aliphatic heterocycles. The van der Waals surface area contributed by atoms with Gasteiger partial charge in [0, 0.05) is 6.20 Å². The molecule has 18 heavy (non-hydrogen) atoms. The quantitative estimate of drug-likeness (QED) is 0.638. The summed E-state index contributed by atoms with van der Waals surface area (Å²) in [6.07, 6.45) is 1.41. The van der Waals surface area contributed by atoms with E-state index in [4.69, 9.17) is 10.00 Å². The maximum atomic E-state index is 12.7. The molecule has 5 heteroatoms. The van der Waals surface area contributed by atoms with Crippen LogP contribution in [-0.4, -0.2) is 19.1 Å². The standard InChI is InChI=1S/C13H13FN2O2/c1-2-18-13(17)9-16-8-11(7-15)10-3-5-12(14)6-4-10/h3-6,8,16H,2,9H2,1H3/b11-8+. The van der Waals surface area contributed by atoms with Gasteiger partial charge in [-0.2, -0.15) is 5.26 Å². The van der Waals surface area contributed by atoms with Gasteiger partial charge in [0.05, 0.1) is 12.2 Å². The monoisotopic (exact) mass is 248 g/mol. The number of nitriles is 1. The van der Waals surface area contributed by atoms with Gasteiger partial charge < -0.3 is 10.1 Å². The number of benzene rings is 1. The highest BCUT2D eigenvalue weighted by molar-refractivity contribution is 5.77. The normalized spacial score (nSPS) is 10.6. The molecule has 0 bridgehead atoms. The first-order chi connectivity index (χ1) is 8.67. The Balaban J connectivity index is 2.64. The van der Waals surface area contributed by atoms with Crippen LogP contribution in [0.1, 0.15) is 12.5 Å². The zero-order valence-corrected chi connectivity index (χ0v) is 9.94. The maximum Gasteiger partial charge on any atom is 0.325 e. The lowest BCUT2D eigenvalue weighted by atomic mass is 10.1. The topological polar surface area (TPSA) is 62.1 Å². The van der Waals surface area contributed by atoms with Gasteiger partial charge >= 0.3 is 5.97 Å². The number of allylic oxidation sites excluding steroid dienone is 1. The minimum absolute atomic E-state index is 0.0137. The maximum absolute atomic E-state index is 12.7. The number of nitrogens with one attached hydrogen (secondary N) is 1. The molecule has 94 valence electrons. The second-order valence-electron chi connectivity index (χ2n) is 3.36. The van der Waals surface area contributed by atoms with E-state index >= 15 is 0 Å². The number of hydrogen-bond donors (Lipinski definition) is 1. The molecule has 0 unspecified atom stereocenters. The highest BCUT2D eigenvalue weighted by Gasteiger charge is 2.02. The minimum atomic E-state index is -0.398. The molecule has 0 atom stereocenters. The van der Waals surface area contributed by atoms with Crippen molar-refractivity contribution < 1.29 is 13.9 Å². The summed E-state index contributed by atoms with van der Waals surface area (Å²) in [6.45, 7) is 2.01. The summed E-state index contributed by atoms with van der Waals surface area (Å²) in [5.41, 5.74) is 0.898. The summed E-state index contributed by atoms with van der Waals surface area (Å²) in [6, 6.07) is 7.50. The summed E-state index contributed by atoms with van der Waals surface area (Å²) < 4.78 is 17.4. The van der Waals surface area contributed by atoms with Crippen molar-refractivity contribution in [3.05, 3.63) is 41.8 Å². The molecule has 4 nitrogen and oxygen atoms in total. The Bertz CT molecular complexity index is 475. The molecule has 0 aliphatic rings. The van der Waals surface area contributed by atoms with Crippen molar-refractivity contribution in [2.24, 2.45) is 0 Å². The first-order valence-electron chi connectivity index (χ1n) is 5.42. The zero-order valence-electron chi connectivity index (χ0n) is 9.94. The second-order valence-corrected chi connectivity index (χ2v) is 3.36. The van der Waals surface area contributed by atoms with E-state index in [9.17, 15) is 9.18 Å². The fourth-order valence-electron chi connectivity index (χ4n) is 1.26. The van der Waals surface area contributed by atoms with Gasteiger partial charge in [-0.3, -0.25) is 4.79 Å². The van der Waals surface area contributed by atoms with E-state index in [1.165, 1.54) is 30.5 Å². The lowest BCUT2D eigenvalue weighted by molar-refractivity contribution is -0.141. The average molecular weight is 248 g/mol. The van der Waals surface area contributed by atoms with Crippen LogP contribution < -0.4 is 5.32 Å². The third-order valence-electron chi connectivity index (χ3n) is 2.07. The fourth-order valence-corrected chi connectivity index (χ4v) is 1.26. The van der Waals surface area contributed by atoms with Gasteiger partial charge in [-0.1, -0.05) is 12.1 Å². The Kier molecular flexibility index (Phi) is 5.39. The predicted octanol–water partition coefficient (Wildman–Crippen LogP) is 1.84. The van der Waals surface area contributed by atoms with Crippen molar-refractivity contribution in [3.63, 3.8) is 0 Å². The SMILES string of the molecule is CCOC(=O)CN/C=C(\C#N)c1ccc(F)cc1. The Morgan fingerprint density at radius 3 is 2.72 bits per heavy atom. The third-order valence-corrected chi connectivity index (χ3v) is 2.07. The first kappa shape index (κ1) is 13.7. The van der Waals surface area contributed by atoms with Gasteiger partial charge in [-0.15, -0.1) is 0 Å². The van der Waals surface area contributed by atoms with Gasteiger partial charge in [-0.25, -0.2) is 4.39 Å². The van der Waals surface area contributed by atoms with E-state index in [0.29, 0.717) is 17.7 Å². The molecule has 0 heterocycles. The van der Waals surface area contributed by atoms with Crippen LogP contribution in [0.15, 0.2) is 30.5 Å². The molecule has 0 spiro atoms. The molecule has 0 amide bonds. The van der Waals surface area contributed by atoms with Crippen LogP contribution in [0, 0.1) is 17.1 Å². The van der Waals surface area contributed by atoms with E-state index in [-0.39, 0.29) is 12.4 Å². The Morgan fingerprint density at radius 2 is 2.17 bits per heavy atom. The molecule has 0 aliphatic carbocycles. The Morgan fingerprint density at radius 1 is 1.50 bits per heavy atom. The molecule has 1 aromatic carbocycles. The average Bonchev–Trinajstić information content (AvgIpc) is 2.36. The summed E-state index contributed by atoms with van der Waals surface area (Å²) in [5, 5.41) is 11.6. The van der Waals surface area contributed by atoms with E-state index in [0.717, 1.165) is 0 Å². The number of rotatable bonds is 5. The fraction of sp³-hybridized carbons (Fsp3) is 0.231. The van der Waals surface area contributed by atoms with Crippen LogP contribution in [0.25, 0.3) is 5.57 Å². The number of esters is 1. The lowest BCUT2D eigenvalue weighted by Crippen LogP contribution is -2.20. The van der Waals surface area contributed by atoms with E-state index < -0.39 is 5.97 Å². The molecule has 0 radical (unpaired) electrons. The van der Waals surface area contributed by atoms with Gasteiger partial charge in [0.2, 0.25) is 0 Å².